The van der Waals surface area contributed by atoms with Gasteiger partial charge in [0, 0.05) is 22.2 Å². The Balaban J connectivity index is 1.41. The number of thiazole rings is 1. The van der Waals surface area contributed by atoms with Crippen LogP contribution in [0.1, 0.15) is 34.9 Å². The van der Waals surface area contributed by atoms with Crippen LogP contribution in [0.4, 0.5) is 0 Å². The molecular weight excluding hydrogens is 591 g/mol. The number of aryl methyl sites for hydroxylation is 1. The molecule has 0 amide bonds. The van der Waals surface area contributed by atoms with Crippen LogP contribution in [-0.2, 0) is 6.42 Å². The van der Waals surface area contributed by atoms with Crippen molar-refractivity contribution in [2.45, 2.75) is 18.9 Å². The van der Waals surface area contributed by atoms with E-state index in [2.05, 4.69) is 18.2 Å². The Morgan fingerprint density at radius 2 is 1.79 bits per heavy atom. The van der Waals surface area contributed by atoms with Gasteiger partial charge in [0.15, 0.2) is 16.3 Å². The Morgan fingerprint density at radius 3 is 2.62 bits per heavy atom. The number of halogens is 2. The molecule has 210 valence electrons. The summed E-state index contributed by atoms with van der Waals surface area (Å²) in [7, 11) is 3.22. The minimum absolute atomic E-state index is 0.136. The molecule has 1 atom stereocenters. The Hall–Kier alpha value is -4.04. The zero-order valence-corrected chi connectivity index (χ0v) is 25.0. The van der Waals surface area contributed by atoms with Gasteiger partial charge < -0.3 is 13.9 Å². The number of benzene rings is 3. The predicted molar refractivity (Wildman–Crippen MR) is 166 cm³/mol. The van der Waals surface area contributed by atoms with Crippen molar-refractivity contribution < 1.29 is 13.9 Å². The predicted octanol–water partition coefficient (Wildman–Crippen LogP) is 6.90. The van der Waals surface area contributed by atoms with Gasteiger partial charge in [-0.1, -0.05) is 64.9 Å². The average molecular weight is 616 g/mol. The van der Waals surface area contributed by atoms with Crippen molar-refractivity contribution in [2.24, 2.45) is 4.99 Å². The smallest absolute Gasteiger partial charge is 0.271 e. The SMILES string of the molecule is COc1ccc([C@H]2C3=C(N=c4s/c(=C/c5ccc(-c6cc(Cl)ccc6Cl)o5)c(=O)n42)c2ccccc2CC3)cc1OC. The van der Waals surface area contributed by atoms with Gasteiger partial charge in [-0.3, -0.25) is 9.36 Å². The molecule has 3 heterocycles. The van der Waals surface area contributed by atoms with Crippen LogP contribution in [0.2, 0.25) is 10.0 Å². The van der Waals surface area contributed by atoms with Crippen molar-refractivity contribution >= 4 is 46.3 Å². The lowest BCUT2D eigenvalue weighted by atomic mass is 9.83. The normalized spacial score (nSPS) is 16.0. The first kappa shape index (κ1) is 26.8. The number of methoxy groups -OCH3 is 2. The number of rotatable bonds is 5. The van der Waals surface area contributed by atoms with E-state index in [0.717, 1.165) is 35.2 Å². The third-order valence-corrected chi connectivity index (χ3v) is 9.24. The topological polar surface area (TPSA) is 66.0 Å². The number of hydrogen-bond acceptors (Lipinski definition) is 6. The molecule has 0 saturated heterocycles. The third kappa shape index (κ3) is 4.49. The molecule has 0 bridgehead atoms. The van der Waals surface area contributed by atoms with Gasteiger partial charge in [0.2, 0.25) is 0 Å². The van der Waals surface area contributed by atoms with Gasteiger partial charge in [0.1, 0.15) is 11.5 Å². The summed E-state index contributed by atoms with van der Waals surface area (Å²) in [5.41, 5.74) is 5.88. The highest BCUT2D eigenvalue weighted by Crippen LogP contribution is 2.43. The molecule has 0 N–H and O–H groups in total. The van der Waals surface area contributed by atoms with Crippen LogP contribution in [0.3, 0.4) is 0 Å². The summed E-state index contributed by atoms with van der Waals surface area (Å²) in [5, 5.41) is 1.09. The van der Waals surface area contributed by atoms with Crippen LogP contribution < -0.4 is 24.4 Å². The van der Waals surface area contributed by atoms with E-state index in [1.165, 1.54) is 16.9 Å². The van der Waals surface area contributed by atoms with E-state index in [9.17, 15) is 4.79 Å². The summed E-state index contributed by atoms with van der Waals surface area (Å²) in [6, 6.07) is 22.7. The Morgan fingerprint density at radius 1 is 0.952 bits per heavy atom. The Kier molecular flexibility index (Phi) is 6.81. The monoisotopic (exact) mass is 614 g/mol. The summed E-state index contributed by atoms with van der Waals surface area (Å²) >= 11 is 13.9. The molecule has 0 radical (unpaired) electrons. The van der Waals surface area contributed by atoms with Crippen molar-refractivity contribution in [3.63, 3.8) is 0 Å². The third-order valence-electron chi connectivity index (χ3n) is 7.69. The van der Waals surface area contributed by atoms with Crippen molar-refractivity contribution in [1.29, 1.82) is 0 Å². The minimum atomic E-state index is -0.344. The standard InChI is InChI=1S/C33H24Cl2N2O4S/c1-39-27-13-8-19(15-28(27)40-2)31-23-11-7-18-5-3-4-6-22(18)30(23)36-33-37(31)32(38)29(42-33)17-21-10-14-26(41-21)24-16-20(34)9-12-25(24)35/h3-6,8-10,12-17,31H,7,11H2,1-2H3/b29-17+/t31-/m0/s1. The molecule has 5 aromatic rings. The zero-order valence-electron chi connectivity index (χ0n) is 22.7. The molecule has 2 aliphatic rings. The number of allylic oxidation sites excluding steroid dienone is 1. The number of aromatic nitrogens is 1. The molecule has 0 unspecified atom stereocenters. The first-order valence-corrected chi connectivity index (χ1v) is 14.9. The summed E-state index contributed by atoms with van der Waals surface area (Å²) in [5.74, 6) is 2.33. The van der Waals surface area contributed by atoms with E-state index < -0.39 is 0 Å². The average Bonchev–Trinajstić information content (AvgIpc) is 3.60. The highest BCUT2D eigenvalue weighted by atomic mass is 35.5. The summed E-state index contributed by atoms with van der Waals surface area (Å²) in [6.45, 7) is 0. The number of ether oxygens (including phenoxy) is 2. The van der Waals surface area contributed by atoms with Gasteiger partial charge in [0.25, 0.3) is 5.56 Å². The van der Waals surface area contributed by atoms with Crippen LogP contribution in [0.25, 0.3) is 23.1 Å². The molecule has 6 nitrogen and oxygen atoms in total. The largest absolute Gasteiger partial charge is 0.493 e. The van der Waals surface area contributed by atoms with E-state index in [0.29, 0.717) is 48.0 Å². The summed E-state index contributed by atoms with van der Waals surface area (Å²) in [4.78, 5) is 19.8. The lowest BCUT2D eigenvalue weighted by Crippen LogP contribution is -2.38. The fourth-order valence-electron chi connectivity index (χ4n) is 5.74. The van der Waals surface area contributed by atoms with E-state index in [1.807, 2.05) is 36.4 Å². The van der Waals surface area contributed by atoms with Crippen molar-refractivity contribution in [3.8, 4) is 22.8 Å². The highest BCUT2D eigenvalue weighted by Gasteiger charge is 2.33. The Bertz CT molecular complexity index is 2090. The van der Waals surface area contributed by atoms with Gasteiger partial charge >= 0.3 is 0 Å². The molecule has 3 aromatic carbocycles. The van der Waals surface area contributed by atoms with Gasteiger partial charge in [-0.25, -0.2) is 4.99 Å². The van der Waals surface area contributed by atoms with Crippen LogP contribution in [-0.4, -0.2) is 18.8 Å². The van der Waals surface area contributed by atoms with Crippen LogP contribution in [0, 0.1) is 0 Å². The molecule has 7 rings (SSSR count). The van der Waals surface area contributed by atoms with Crippen molar-refractivity contribution in [2.75, 3.05) is 14.2 Å². The highest BCUT2D eigenvalue weighted by molar-refractivity contribution is 7.07. The van der Waals surface area contributed by atoms with Gasteiger partial charge in [-0.2, -0.15) is 0 Å². The van der Waals surface area contributed by atoms with E-state index in [1.54, 1.807) is 43.1 Å². The molecule has 2 aromatic heterocycles. The second-order valence-corrected chi connectivity index (χ2v) is 11.9. The number of hydrogen-bond donors (Lipinski definition) is 0. The van der Waals surface area contributed by atoms with E-state index in [4.69, 9.17) is 42.1 Å². The van der Waals surface area contributed by atoms with Crippen LogP contribution in [0.5, 0.6) is 11.5 Å². The van der Waals surface area contributed by atoms with Crippen molar-refractivity contribution in [3.05, 3.63) is 131 Å². The van der Waals surface area contributed by atoms with Gasteiger partial charge in [0.05, 0.1) is 35.5 Å². The van der Waals surface area contributed by atoms with Gasteiger partial charge in [-0.05, 0) is 72.0 Å². The molecular formula is C33H24Cl2N2O4S. The maximum atomic E-state index is 14.1. The molecule has 42 heavy (non-hydrogen) atoms. The maximum absolute atomic E-state index is 14.1. The summed E-state index contributed by atoms with van der Waals surface area (Å²) < 4.78 is 19.5. The first-order valence-electron chi connectivity index (χ1n) is 13.4. The zero-order chi connectivity index (χ0) is 29.0. The molecule has 0 spiro atoms. The lowest BCUT2D eigenvalue weighted by molar-refractivity contribution is 0.354. The van der Waals surface area contributed by atoms with Gasteiger partial charge in [-0.15, -0.1) is 0 Å². The fraction of sp³-hybridized carbons (Fsp3) is 0.152. The molecule has 0 fully saturated rings. The first-order chi connectivity index (χ1) is 20.4. The molecule has 9 heteroatoms. The maximum Gasteiger partial charge on any atom is 0.271 e. The van der Waals surface area contributed by atoms with Crippen molar-refractivity contribution in [1.82, 2.24) is 4.57 Å². The number of furan rings is 1. The minimum Gasteiger partial charge on any atom is -0.493 e. The lowest BCUT2D eigenvalue weighted by Gasteiger charge is -2.31. The number of fused-ring (bicyclic) bond motifs is 3. The molecule has 0 saturated carbocycles. The second-order valence-electron chi connectivity index (χ2n) is 10.1. The molecule has 1 aliphatic heterocycles. The summed E-state index contributed by atoms with van der Waals surface area (Å²) in [6.07, 6.45) is 3.43. The van der Waals surface area contributed by atoms with Crippen LogP contribution in [0.15, 0.2) is 92.6 Å². The second kappa shape index (κ2) is 10.7. The van der Waals surface area contributed by atoms with Crippen LogP contribution >= 0.6 is 34.5 Å². The molecule has 1 aliphatic carbocycles. The van der Waals surface area contributed by atoms with E-state index in [-0.39, 0.29) is 11.6 Å². The quantitative estimate of drug-likeness (QED) is 0.216. The van der Waals surface area contributed by atoms with E-state index >= 15 is 0 Å². The fourth-order valence-corrected chi connectivity index (χ4v) is 7.10. The Labute approximate surface area is 255 Å². The number of nitrogens with zero attached hydrogens (tertiary/aromatic N) is 2.